The smallest absolute Gasteiger partial charge is 0.0328 e. The monoisotopic (exact) mass is 282 g/mol. The van der Waals surface area contributed by atoms with Crippen LogP contribution in [-0.4, -0.2) is 30.6 Å². The molecule has 0 fully saturated rings. The highest BCUT2D eigenvalue weighted by molar-refractivity contribution is 7.09. The van der Waals surface area contributed by atoms with Crippen molar-refractivity contribution in [3.05, 3.63) is 22.4 Å². The van der Waals surface area contributed by atoms with Gasteiger partial charge >= 0.3 is 0 Å². The Morgan fingerprint density at radius 2 is 2.11 bits per heavy atom. The number of nitrogens with one attached hydrogen (secondary N) is 1. The van der Waals surface area contributed by atoms with Gasteiger partial charge in [-0.1, -0.05) is 33.8 Å². The average molecular weight is 282 g/mol. The molecule has 0 radical (unpaired) electrons. The van der Waals surface area contributed by atoms with Gasteiger partial charge in [0.1, 0.15) is 0 Å². The summed E-state index contributed by atoms with van der Waals surface area (Å²) in [5.41, 5.74) is 0.294. The van der Waals surface area contributed by atoms with Crippen molar-refractivity contribution in [3.8, 4) is 0 Å². The van der Waals surface area contributed by atoms with Crippen LogP contribution in [0.25, 0.3) is 0 Å². The molecule has 0 aliphatic rings. The summed E-state index contributed by atoms with van der Waals surface area (Å²) in [5, 5.41) is 5.80. The second-order valence-corrected chi connectivity index (χ2v) is 7.08. The molecule has 19 heavy (non-hydrogen) atoms. The van der Waals surface area contributed by atoms with E-state index < -0.39 is 0 Å². The first-order valence-electron chi connectivity index (χ1n) is 7.47. The molecule has 0 bridgehead atoms. The summed E-state index contributed by atoms with van der Waals surface area (Å²) >= 11 is 1.86. The Morgan fingerprint density at radius 3 is 2.63 bits per heavy atom. The van der Waals surface area contributed by atoms with Gasteiger partial charge in [-0.2, -0.15) is 0 Å². The van der Waals surface area contributed by atoms with Crippen LogP contribution in [0.3, 0.4) is 0 Å². The average Bonchev–Trinajstić information content (AvgIpc) is 2.87. The molecule has 1 heterocycles. The van der Waals surface area contributed by atoms with Gasteiger partial charge in [-0.15, -0.1) is 11.3 Å². The molecule has 0 amide bonds. The van der Waals surface area contributed by atoms with Crippen molar-refractivity contribution in [2.45, 2.75) is 53.6 Å². The van der Waals surface area contributed by atoms with Gasteiger partial charge in [0.2, 0.25) is 0 Å². The van der Waals surface area contributed by atoms with Gasteiger partial charge in [0.05, 0.1) is 0 Å². The van der Waals surface area contributed by atoms with E-state index in [1.165, 1.54) is 11.3 Å². The van der Waals surface area contributed by atoms with Crippen molar-refractivity contribution in [1.29, 1.82) is 0 Å². The highest BCUT2D eigenvalue weighted by Gasteiger charge is 2.27. The standard InChI is InChI=1S/C16H30N2S/c1-6-10-17-14(3)16(4,5)13-18(7-2)12-15-9-8-11-19-15/h8-9,11,14,17H,6-7,10,12-13H2,1-5H3. The van der Waals surface area contributed by atoms with E-state index in [1.807, 2.05) is 11.3 Å². The van der Waals surface area contributed by atoms with Gasteiger partial charge in [0.25, 0.3) is 0 Å². The van der Waals surface area contributed by atoms with E-state index in [4.69, 9.17) is 0 Å². The number of rotatable bonds is 9. The molecule has 0 saturated heterocycles. The van der Waals surface area contributed by atoms with Crippen molar-refractivity contribution in [2.75, 3.05) is 19.6 Å². The largest absolute Gasteiger partial charge is 0.314 e. The summed E-state index contributed by atoms with van der Waals surface area (Å²) in [6.45, 7) is 16.0. The summed E-state index contributed by atoms with van der Waals surface area (Å²) < 4.78 is 0. The maximum atomic E-state index is 3.64. The summed E-state index contributed by atoms with van der Waals surface area (Å²) in [7, 11) is 0. The number of thiophene rings is 1. The van der Waals surface area contributed by atoms with E-state index in [-0.39, 0.29) is 0 Å². The summed E-state index contributed by atoms with van der Waals surface area (Å²) in [6.07, 6.45) is 1.20. The molecule has 0 saturated carbocycles. The molecule has 1 aromatic heterocycles. The minimum absolute atomic E-state index is 0.294. The van der Waals surface area contributed by atoms with Crippen LogP contribution in [0.1, 0.15) is 45.9 Å². The van der Waals surface area contributed by atoms with Gasteiger partial charge in [-0.3, -0.25) is 4.90 Å². The first-order chi connectivity index (χ1) is 8.99. The Labute approximate surface area is 123 Å². The molecule has 0 aromatic carbocycles. The Balaban J connectivity index is 2.52. The van der Waals surface area contributed by atoms with Gasteiger partial charge in [0.15, 0.2) is 0 Å². The first kappa shape index (κ1) is 16.7. The quantitative estimate of drug-likeness (QED) is 0.737. The molecule has 0 aliphatic heterocycles. The number of hydrogen-bond acceptors (Lipinski definition) is 3. The van der Waals surface area contributed by atoms with Crippen LogP contribution in [0.15, 0.2) is 17.5 Å². The first-order valence-corrected chi connectivity index (χ1v) is 8.35. The molecule has 1 unspecified atom stereocenters. The lowest BCUT2D eigenvalue weighted by atomic mass is 9.84. The predicted molar refractivity (Wildman–Crippen MR) is 86.8 cm³/mol. The molecular weight excluding hydrogens is 252 g/mol. The Kier molecular flexibility index (Phi) is 7.05. The molecule has 1 rings (SSSR count). The molecule has 1 atom stereocenters. The van der Waals surface area contributed by atoms with Crippen LogP contribution in [0, 0.1) is 5.41 Å². The third-order valence-corrected chi connectivity index (χ3v) is 4.77. The third-order valence-electron chi connectivity index (χ3n) is 3.91. The minimum Gasteiger partial charge on any atom is -0.314 e. The predicted octanol–water partition coefficient (Wildman–Crippen LogP) is 3.98. The molecule has 3 heteroatoms. The summed E-state index contributed by atoms with van der Waals surface area (Å²) in [4.78, 5) is 4.02. The third kappa shape index (κ3) is 5.64. The van der Waals surface area contributed by atoms with Crippen molar-refractivity contribution in [3.63, 3.8) is 0 Å². The van der Waals surface area contributed by atoms with Crippen LogP contribution in [-0.2, 0) is 6.54 Å². The number of hydrogen-bond donors (Lipinski definition) is 1. The van der Waals surface area contributed by atoms with E-state index in [0.717, 1.165) is 26.2 Å². The fraction of sp³-hybridized carbons (Fsp3) is 0.750. The van der Waals surface area contributed by atoms with E-state index >= 15 is 0 Å². The Hall–Kier alpha value is -0.380. The van der Waals surface area contributed by atoms with Crippen LogP contribution >= 0.6 is 11.3 Å². The Bertz CT molecular complexity index is 333. The summed E-state index contributed by atoms with van der Waals surface area (Å²) in [6, 6.07) is 4.92. The molecule has 0 spiro atoms. The van der Waals surface area contributed by atoms with Crippen molar-refractivity contribution < 1.29 is 0 Å². The highest BCUT2D eigenvalue weighted by atomic mass is 32.1. The Morgan fingerprint density at radius 1 is 1.37 bits per heavy atom. The zero-order valence-electron chi connectivity index (χ0n) is 13.2. The van der Waals surface area contributed by atoms with Crippen LogP contribution in [0.5, 0.6) is 0 Å². The lowest BCUT2D eigenvalue weighted by molar-refractivity contribution is 0.143. The number of nitrogens with zero attached hydrogens (tertiary/aromatic N) is 1. The molecule has 1 N–H and O–H groups in total. The summed E-state index contributed by atoms with van der Waals surface area (Å²) in [5.74, 6) is 0. The highest BCUT2D eigenvalue weighted by Crippen LogP contribution is 2.23. The second-order valence-electron chi connectivity index (χ2n) is 6.05. The molecule has 1 aromatic rings. The lowest BCUT2D eigenvalue weighted by Crippen LogP contribution is -2.46. The van der Waals surface area contributed by atoms with E-state index in [0.29, 0.717) is 11.5 Å². The van der Waals surface area contributed by atoms with Crippen molar-refractivity contribution in [2.24, 2.45) is 5.41 Å². The van der Waals surface area contributed by atoms with Crippen molar-refractivity contribution >= 4 is 11.3 Å². The van der Waals surface area contributed by atoms with Gasteiger partial charge in [0, 0.05) is 24.0 Å². The van der Waals surface area contributed by atoms with Crippen LogP contribution in [0.4, 0.5) is 0 Å². The topological polar surface area (TPSA) is 15.3 Å². The fourth-order valence-corrected chi connectivity index (χ4v) is 3.00. The molecule has 0 aliphatic carbocycles. The normalized spacial score (nSPS) is 14.0. The zero-order chi connectivity index (χ0) is 14.3. The maximum Gasteiger partial charge on any atom is 0.0328 e. The zero-order valence-corrected chi connectivity index (χ0v) is 14.0. The lowest BCUT2D eigenvalue weighted by Gasteiger charge is -2.37. The second kappa shape index (κ2) is 8.03. The maximum absolute atomic E-state index is 3.64. The molecule has 110 valence electrons. The van der Waals surface area contributed by atoms with Gasteiger partial charge in [-0.25, -0.2) is 0 Å². The SMILES string of the molecule is CCCNC(C)C(C)(C)CN(CC)Cc1cccs1. The van der Waals surface area contributed by atoms with Crippen molar-refractivity contribution in [1.82, 2.24) is 10.2 Å². The molecule has 2 nitrogen and oxygen atoms in total. The van der Waals surface area contributed by atoms with Gasteiger partial charge < -0.3 is 5.32 Å². The van der Waals surface area contributed by atoms with E-state index in [1.54, 1.807) is 0 Å². The van der Waals surface area contributed by atoms with E-state index in [9.17, 15) is 0 Å². The van der Waals surface area contributed by atoms with E-state index in [2.05, 4.69) is 62.3 Å². The van der Waals surface area contributed by atoms with Gasteiger partial charge in [-0.05, 0) is 43.3 Å². The molecular formula is C16H30N2S. The fourth-order valence-electron chi connectivity index (χ4n) is 2.25. The van der Waals surface area contributed by atoms with Crippen LogP contribution < -0.4 is 5.32 Å². The minimum atomic E-state index is 0.294. The van der Waals surface area contributed by atoms with Crippen LogP contribution in [0.2, 0.25) is 0 Å².